The van der Waals surface area contributed by atoms with Crippen LogP contribution in [0.1, 0.15) is 13.8 Å². The van der Waals surface area contributed by atoms with Gasteiger partial charge in [-0.05, 0) is 13.5 Å². The standard InChI is InChI=1S/C9H20N2O3S/c1-3-10-4-7-15(12,13)11-5-6-14-8-9(11)2/h9-10H,3-8H2,1-2H3. The molecule has 0 aromatic carbocycles. The summed E-state index contributed by atoms with van der Waals surface area (Å²) in [5.74, 6) is 0.172. The zero-order valence-electron chi connectivity index (χ0n) is 9.40. The molecule has 1 atom stereocenters. The van der Waals surface area contributed by atoms with Gasteiger partial charge < -0.3 is 10.1 Å². The summed E-state index contributed by atoms with van der Waals surface area (Å²) in [6.45, 7) is 6.64. The molecule has 0 saturated carbocycles. The van der Waals surface area contributed by atoms with Crippen LogP contribution >= 0.6 is 0 Å². The van der Waals surface area contributed by atoms with E-state index in [2.05, 4.69) is 5.32 Å². The third-order valence-corrected chi connectivity index (χ3v) is 4.43. The lowest BCUT2D eigenvalue weighted by Gasteiger charge is -2.32. The average Bonchev–Trinajstić information content (AvgIpc) is 2.18. The molecule has 0 radical (unpaired) electrons. The van der Waals surface area contributed by atoms with Gasteiger partial charge in [0.15, 0.2) is 0 Å². The summed E-state index contributed by atoms with van der Waals surface area (Å²) in [5.41, 5.74) is 0. The van der Waals surface area contributed by atoms with Gasteiger partial charge in [0.1, 0.15) is 0 Å². The Bertz CT molecular complexity index is 279. The molecule has 0 spiro atoms. The third kappa shape index (κ3) is 3.71. The van der Waals surface area contributed by atoms with Crippen LogP contribution in [0, 0.1) is 0 Å². The fraction of sp³-hybridized carbons (Fsp3) is 1.00. The Labute approximate surface area is 91.8 Å². The van der Waals surface area contributed by atoms with Gasteiger partial charge in [-0.25, -0.2) is 8.42 Å². The second-order valence-electron chi connectivity index (χ2n) is 3.70. The molecule has 0 aromatic rings. The fourth-order valence-corrected chi connectivity index (χ4v) is 3.22. The topological polar surface area (TPSA) is 58.6 Å². The molecule has 90 valence electrons. The summed E-state index contributed by atoms with van der Waals surface area (Å²) in [4.78, 5) is 0. The van der Waals surface area contributed by atoms with E-state index in [4.69, 9.17) is 4.74 Å². The van der Waals surface area contributed by atoms with Crippen molar-refractivity contribution in [3.05, 3.63) is 0 Å². The molecule has 0 aromatic heterocycles. The van der Waals surface area contributed by atoms with Gasteiger partial charge in [-0.3, -0.25) is 0 Å². The van der Waals surface area contributed by atoms with Crippen molar-refractivity contribution >= 4 is 10.0 Å². The van der Waals surface area contributed by atoms with E-state index in [1.54, 1.807) is 4.31 Å². The molecule has 1 saturated heterocycles. The van der Waals surface area contributed by atoms with Crippen LogP contribution in [0.15, 0.2) is 0 Å². The smallest absolute Gasteiger partial charge is 0.215 e. The van der Waals surface area contributed by atoms with Crippen molar-refractivity contribution in [2.24, 2.45) is 0 Å². The van der Waals surface area contributed by atoms with Crippen molar-refractivity contribution in [1.82, 2.24) is 9.62 Å². The van der Waals surface area contributed by atoms with E-state index in [-0.39, 0.29) is 11.8 Å². The lowest BCUT2D eigenvalue weighted by Crippen LogP contribution is -2.48. The molecule has 1 heterocycles. The van der Waals surface area contributed by atoms with Gasteiger partial charge in [-0.1, -0.05) is 6.92 Å². The van der Waals surface area contributed by atoms with Gasteiger partial charge in [0.25, 0.3) is 0 Å². The second kappa shape index (κ2) is 5.79. The van der Waals surface area contributed by atoms with E-state index in [1.165, 1.54) is 0 Å². The quantitative estimate of drug-likeness (QED) is 0.663. The highest BCUT2D eigenvalue weighted by molar-refractivity contribution is 7.89. The highest BCUT2D eigenvalue weighted by Gasteiger charge is 2.29. The number of morpholine rings is 1. The van der Waals surface area contributed by atoms with E-state index in [1.807, 2.05) is 13.8 Å². The Morgan fingerprint density at radius 3 is 2.87 bits per heavy atom. The van der Waals surface area contributed by atoms with Gasteiger partial charge >= 0.3 is 0 Å². The van der Waals surface area contributed by atoms with E-state index in [0.717, 1.165) is 6.54 Å². The van der Waals surface area contributed by atoms with E-state index < -0.39 is 10.0 Å². The lowest BCUT2D eigenvalue weighted by atomic mass is 10.3. The van der Waals surface area contributed by atoms with Crippen LogP contribution < -0.4 is 5.32 Å². The molecule has 1 unspecified atom stereocenters. The molecule has 1 aliphatic heterocycles. The van der Waals surface area contributed by atoms with Gasteiger partial charge in [-0.2, -0.15) is 4.31 Å². The number of ether oxygens (including phenoxy) is 1. The Balaban J connectivity index is 2.51. The molecule has 1 N–H and O–H groups in total. The number of nitrogens with one attached hydrogen (secondary N) is 1. The fourth-order valence-electron chi connectivity index (χ4n) is 1.62. The maximum atomic E-state index is 11.9. The van der Waals surface area contributed by atoms with Crippen LogP contribution in [0.3, 0.4) is 0 Å². The maximum Gasteiger partial charge on any atom is 0.215 e. The molecule has 15 heavy (non-hydrogen) atoms. The SMILES string of the molecule is CCNCCS(=O)(=O)N1CCOCC1C. The molecule has 1 fully saturated rings. The summed E-state index contributed by atoms with van der Waals surface area (Å²) < 4.78 is 30.6. The minimum Gasteiger partial charge on any atom is -0.378 e. The summed E-state index contributed by atoms with van der Waals surface area (Å²) in [6, 6.07) is -0.0367. The third-order valence-electron chi connectivity index (χ3n) is 2.45. The van der Waals surface area contributed by atoms with Crippen LogP contribution in [-0.4, -0.2) is 57.4 Å². The van der Waals surface area contributed by atoms with Crippen molar-refractivity contribution < 1.29 is 13.2 Å². The van der Waals surface area contributed by atoms with Crippen LogP contribution in [0.4, 0.5) is 0 Å². The predicted molar refractivity (Wildman–Crippen MR) is 59.3 cm³/mol. The molecule has 0 amide bonds. The summed E-state index contributed by atoms with van der Waals surface area (Å²) in [5, 5.41) is 3.02. The van der Waals surface area contributed by atoms with Gasteiger partial charge in [0.2, 0.25) is 10.0 Å². The van der Waals surface area contributed by atoms with Crippen LogP contribution in [0.25, 0.3) is 0 Å². The normalized spacial score (nSPS) is 24.3. The zero-order chi connectivity index (χ0) is 11.3. The maximum absolute atomic E-state index is 11.9. The number of rotatable bonds is 5. The van der Waals surface area contributed by atoms with Crippen molar-refractivity contribution in [3.8, 4) is 0 Å². The molecule has 0 bridgehead atoms. The second-order valence-corrected chi connectivity index (χ2v) is 5.75. The van der Waals surface area contributed by atoms with Crippen LogP contribution in [-0.2, 0) is 14.8 Å². The Hall–Kier alpha value is -0.170. The van der Waals surface area contributed by atoms with E-state index in [9.17, 15) is 8.42 Å². The van der Waals surface area contributed by atoms with Gasteiger partial charge in [0.05, 0.1) is 19.0 Å². The zero-order valence-corrected chi connectivity index (χ0v) is 10.2. The number of nitrogens with zero attached hydrogens (tertiary/aromatic N) is 1. The first kappa shape index (κ1) is 12.9. The first-order valence-corrected chi connectivity index (χ1v) is 6.97. The van der Waals surface area contributed by atoms with Crippen LogP contribution in [0.5, 0.6) is 0 Å². The molecular weight excluding hydrogens is 216 g/mol. The molecular formula is C9H20N2O3S. The lowest BCUT2D eigenvalue weighted by molar-refractivity contribution is 0.0393. The van der Waals surface area contributed by atoms with Gasteiger partial charge in [0, 0.05) is 19.1 Å². The monoisotopic (exact) mass is 236 g/mol. The van der Waals surface area contributed by atoms with Crippen molar-refractivity contribution in [1.29, 1.82) is 0 Å². The number of hydrogen-bond donors (Lipinski definition) is 1. The molecule has 1 aliphatic rings. The van der Waals surface area contributed by atoms with Crippen molar-refractivity contribution in [2.75, 3.05) is 38.6 Å². The minimum absolute atomic E-state index is 0.0367. The molecule has 5 nitrogen and oxygen atoms in total. The Kier molecular flexibility index (Phi) is 4.98. The van der Waals surface area contributed by atoms with Crippen molar-refractivity contribution in [3.63, 3.8) is 0 Å². The molecule has 0 aliphatic carbocycles. The highest BCUT2D eigenvalue weighted by Crippen LogP contribution is 2.11. The van der Waals surface area contributed by atoms with Gasteiger partial charge in [-0.15, -0.1) is 0 Å². The highest BCUT2D eigenvalue weighted by atomic mass is 32.2. The summed E-state index contributed by atoms with van der Waals surface area (Å²) in [6.07, 6.45) is 0. The largest absolute Gasteiger partial charge is 0.378 e. The molecule has 1 rings (SSSR count). The van der Waals surface area contributed by atoms with Crippen molar-refractivity contribution in [2.45, 2.75) is 19.9 Å². The molecule has 6 heteroatoms. The predicted octanol–water partition coefficient (Wildman–Crippen LogP) is -0.354. The summed E-state index contributed by atoms with van der Waals surface area (Å²) in [7, 11) is -3.11. The Morgan fingerprint density at radius 1 is 1.53 bits per heavy atom. The number of sulfonamides is 1. The minimum atomic E-state index is -3.11. The first-order chi connectivity index (χ1) is 7.08. The average molecular weight is 236 g/mol. The van der Waals surface area contributed by atoms with E-state index >= 15 is 0 Å². The summed E-state index contributed by atoms with van der Waals surface area (Å²) >= 11 is 0. The first-order valence-electron chi connectivity index (χ1n) is 5.36. The number of hydrogen-bond acceptors (Lipinski definition) is 4. The van der Waals surface area contributed by atoms with E-state index in [0.29, 0.717) is 26.3 Å². The Morgan fingerprint density at radius 2 is 2.27 bits per heavy atom. The van der Waals surface area contributed by atoms with Crippen LogP contribution in [0.2, 0.25) is 0 Å².